The minimum atomic E-state index is 0. The molecule has 0 unspecified atom stereocenters. The Morgan fingerprint density at radius 3 is 1.29 bits per heavy atom. The van der Waals surface area contributed by atoms with Gasteiger partial charge in [-0.05, 0) is 222 Å². The summed E-state index contributed by atoms with van der Waals surface area (Å²) in [7, 11) is 0. The second-order valence-corrected chi connectivity index (χ2v) is 23.8. The summed E-state index contributed by atoms with van der Waals surface area (Å²) in [5, 5.41) is 4.40. The first-order chi connectivity index (χ1) is 36.4. The predicted octanol–water partition coefficient (Wildman–Crippen LogP) is 18.2. The Morgan fingerprint density at radius 2 is 0.818 bits per heavy atom. The van der Waals surface area contributed by atoms with Crippen LogP contribution in [0.1, 0.15) is 111 Å². The average Bonchev–Trinajstić information content (AvgIpc) is 4.16. The van der Waals surface area contributed by atoms with E-state index < -0.39 is 0 Å². The molecular formula is C70H73IrN6-. The van der Waals surface area contributed by atoms with Gasteiger partial charge in [-0.15, -0.1) is 12.1 Å². The number of imidazole rings is 2. The molecule has 0 atom stereocenters. The summed E-state index contributed by atoms with van der Waals surface area (Å²) in [5.74, 6) is 2.39. The van der Waals surface area contributed by atoms with Gasteiger partial charge in [0.15, 0.2) is 0 Å². The number of fused-ring (bicyclic) bond motifs is 16. The van der Waals surface area contributed by atoms with E-state index in [1.807, 2.05) is 13.0 Å². The topological polar surface area (TPSA) is 60.4 Å². The van der Waals surface area contributed by atoms with E-state index in [0.717, 1.165) is 97.6 Å². The van der Waals surface area contributed by atoms with Crippen LogP contribution in [0.2, 0.25) is 0 Å². The van der Waals surface area contributed by atoms with Crippen LogP contribution in [0.4, 0.5) is 0 Å². The Kier molecular flexibility index (Phi) is 14.8. The van der Waals surface area contributed by atoms with Gasteiger partial charge in [-0.25, -0.2) is 4.98 Å². The molecule has 1 radical (unpaired) electrons. The van der Waals surface area contributed by atoms with Gasteiger partial charge in [-0.2, -0.15) is 0 Å². The third kappa shape index (κ3) is 9.96. The van der Waals surface area contributed by atoms with Gasteiger partial charge in [0.1, 0.15) is 5.65 Å². The molecule has 6 aromatic heterocycles. The van der Waals surface area contributed by atoms with Crippen LogP contribution in [-0.4, -0.2) is 28.7 Å². The molecule has 6 aromatic carbocycles. The van der Waals surface area contributed by atoms with E-state index >= 15 is 0 Å². The van der Waals surface area contributed by atoms with E-state index in [1.165, 1.54) is 83.2 Å². The number of hydrogen-bond acceptors (Lipinski definition) is 4. The minimum Gasteiger partial charge on any atom is -0.348 e. The standard InChI is InChI=1S/C35H37N3.C35H36N3.Ir/c2*1-20(2)15-26-18-30-32(19-27(26)16-21(3)4)38-31-14-12-25(33-22(5)9-8-10-23(33)6)17-29(31)34-28(35(38)37-30)13-11-24(7)36-34;/h8-14,17-21H,15-16H2,1-7H3;8-12,14,17-21H,15-16H2,1-7H3;/q;-1;. The maximum atomic E-state index is 5.24. The smallest absolute Gasteiger partial charge is 0.147 e. The van der Waals surface area contributed by atoms with E-state index in [-0.39, 0.29) is 20.1 Å². The molecule has 77 heavy (non-hydrogen) atoms. The molecule has 6 nitrogen and oxygen atoms in total. The normalized spacial score (nSPS) is 12.1. The van der Waals surface area contributed by atoms with Crippen molar-refractivity contribution < 1.29 is 20.1 Å². The number of aryl methyl sites for hydroxylation is 6. The van der Waals surface area contributed by atoms with Gasteiger partial charge >= 0.3 is 0 Å². The van der Waals surface area contributed by atoms with Gasteiger partial charge in [0.25, 0.3) is 0 Å². The number of hydrogen-bond donors (Lipinski definition) is 0. The molecule has 0 N–H and O–H groups in total. The third-order valence-corrected chi connectivity index (χ3v) is 15.4. The molecule has 393 valence electrons. The predicted molar refractivity (Wildman–Crippen MR) is 323 cm³/mol. The van der Waals surface area contributed by atoms with Crippen molar-refractivity contribution in [1.82, 2.24) is 28.7 Å². The molecule has 0 spiro atoms. The Balaban J connectivity index is 0.000000172. The summed E-state index contributed by atoms with van der Waals surface area (Å²) >= 11 is 0. The van der Waals surface area contributed by atoms with Crippen molar-refractivity contribution in [2.45, 2.75) is 123 Å². The zero-order valence-electron chi connectivity index (χ0n) is 47.6. The molecule has 12 aromatic rings. The number of pyridine rings is 4. The second-order valence-electron chi connectivity index (χ2n) is 23.8. The van der Waals surface area contributed by atoms with Crippen LogP contribution in [-0.2, 0) is 45.8 Å². The van der Waals surface area contributed by atoms with Crippen molar-refractivity contribution in [3.8, 4) is 22.3 Å². The molecule has 0 bridgehead atoms. The van der Waals surface area contributed by atoms with Gasteiger partial charge in [-0.3, -0.25) is 14.4 Å². The van der Waals surface area contributed by atoms with E-state index in [2.05, 4.69) is 214 Å². The summed E-state index contributed by atoms with van der Waals surface area (Å²) in [6, 6.07) is 46.1. The van der Waals surface area contributed by atoms with Gasteiger partial charge in [-0.1, -0.05) is 122 Å². The Hall–Kier alpha value is -6.79. The van der Waals surface area contributed by atoms with Crippen molar-refractivity contribution in [2.24, 2.45) is 23.7 Å². The molecular weight excluding hydrogens is 1120 g/mol. The molecule has 6 heterocycles. The SMILES string of the molecule is Cc1c[c-]c2c(n1)c1cc(-c3c(C)cccc3C)ccc1n1c3cc(CC(C)C)c(CC(C)C)cc3nc21.Cc1ccc2c(n1)c1cc(-c3c(C)cccc3C)ccc1n1c3cc(CC(C)C)c(CC(C)C)cc3nc21.[Ir]. The summed E-state index contributed by atoms with van der Waals surface area (Å²) < 4.78 is 4.72. The average molecular weight is 1190 g/mol. The zero-order valence-corrected chi connectivity index (χ0v) is 50.0. The van der Waals surface area contributed by atoms with Crippen LogP contribution < -0.4 is 0 Å². The van der Waals surface area contributed by atoms with Crippen molar-refractivity contribution >= 4 is 77.0 Å². The third-order valence-electron chi connectivity index (χ3n) is 15.4. The molecule has 0 aliphatic heterocycles. The van der Waals surface area contributed by atoms with E-state index in [4.69, 9.17) is 19.9 Å². The van der Waals surface area contributed by atoms with E-state index in [1.54, 1.807) is 0 Å². The van der Waals surface area contributed by atoms with Crippen LogP contribution in [0.3, 0.4) is 0 Å². The van der Waals surface area contributed by atoms with E-state index in [0.29, 0.717) is 23.7 Å². The summed E-state index contributed by atoms with van der Waals surface area (Å²) in [4.78, 5) is 20.6. The van der Waals surface area contributed by atoms with Crippen LogP contribution in [0.15, 0.2) is 115 Å². The van der Waals surface area contributed by atoms with Crippen molar-refractivity contribution in [3.05, 3.63) is 177 Å². The van der Waals surface area contributed by atoms with Gasteiger partial charge in [0.2, 0.25) is 0 Å². The van der Waals surface area contributed by atoms with Gasteiger partial charge in [0.05, 0.1) is 38.7 Å². The molecule has 0 aliphatic rings. The number of aromatic nitrogens is 6. The van der Waals surface area contributed by atoms with E-state index in [9.17, 15) is 0 Å². The molecule has 0 saturated carbocycles. The molecule has 0 aliphatic carbocycles. The van der Waals surface area contributed by atoms with Crippen LogP contribution in [0.5, 0.6) is 0 Å². The minimum absolute atomic E-state index is 0. The first kappa shape index (κ1) is 53.6. The van der Waals surface area contributed by atoms with Crippen molar-refractivity contribution in [3.63, 3.8) is 0 Å². The van der Waals surface area contributed by atoms with Crippen LogP contribution >= 0.6 is 0 Å². The summed E-state index contributed by atoms with van der Waals surface area (Å²) in [6.45, 7) is 31.3. The monoisotopic (exact) mass is 1190 g/mol. The molecule has 0 fully saturated rings. The number of benzene rings is 6. The van der Waals surface area contributed by atoms with Gasteiger partial charge < -0.3 is 9.38 Å². The maximum absolute atomic E-state index is 5.24. The zero-order chi connectivity index (χ0) is 53.4. The first-order valence-corrected chi connectivity index (χ1v) is 27.8. The Morgan fingerprint density at radius 1 is 0.403 bits per heavy atom. The maximum Gasteiger partial charge on any atom is 0.147 e. The largest absolute Gasteiger partial charge is 0.348 e. The second kappa shape index (κ2) is 21.2. The Bertz CT molecular complexity index is 3950. The summed E-state index contributed by atoms with van der Waals surface area (Å²) in [5.41, 5.74) is 28.7. The molecule has 12 rings (SSSR count). The first-order valence-electron chi connectivity index (χ1n) is 27.8. The number of nitrogens with zero attached hydrogens (tertiary/aromatic N) is 6. The molecule has 0 saturated heterocycles. The summed E-state index contributed by atoms with van der Waals surface area (Å²) in [6.07, 6.45) is 4.29. The quantitative estimate of drug-likeness (QED) is 0.101. The fraction of sp³-hybridized carbons (Fsp3) is 0.314. The van der Waals surface area contributed by atoms with Crippen molar-refractivity contribution in [1.29, 1.82) is 0 Å². The van der Waals surface area contributed by atoms with Crippen LogP contribution in [0, 0.1) is 71.3 Å². The molecule has 0 amide bonds. The van der Waals surface area contributed by atoms with Gasteiger partial charge in [0, 0.05) is 42.1 Å². The number of rotatable bonds is 10. The molecule has 7 heteroatoms. The van der Waals surface area contributed by atoms with Crippen LogP contribution in [0.25, 0.3) is 99.2 Å². The Labute approximate surface area is 468 Å². The van der Waals surface area contributed by atoms with Crippen molar-refractivity contribution in [2.75, 3.05) is 0 Å². The fourth-order valence-electron chi connectivity index (χ4n) is 12.3. The fourth-order valence-corrected chi connectivity index (χ4v) is 12.3.